The average molecular weight is 231 g/mol. The zero-order valence-corrected chi connectivity index (χ0v) is 9.69. The van der Waals surface area contributed by atoms with Crippen molar-refractivity contribution < 1.29 is 14.0 Å². The Morgan fingerprint density at radius 3 is 2.53 bits per heavy atom. The highest BCUT2D eigenvalue weighted by atomic mass is 16.6. The van der Waals surface area contributed by atoms with E-state index in [9.17, 15) is 4.79 Å². The Balaban J connectivity index is 2.23. The first-order valence-corrected chi connectivity index (χ1v) is 5.21. The molecule has 1 aromatic carbocycles. The smallest absolute Gasteiger partial charge is 0.310 e. The summed E-state index contributed by atoms with van der Waals surface area (Å²) < 4.78 is 5.43. The van der Waals surface area contributed by atoms with Gasteiger partial charge in [-0.1, -0.05) is 29.8 Å². The Kier molecular flexibility index (Phi) is 3.25. The summed E-state index contributed by atoms with van der Waals surface area (Å²) in [6, 6.07) is 11.3. The van der Waals surface area contributed by atoms with Gasteiger partial charge < -0.3 is 4.42 Å². The highest BCUT2D eigenvalue weighted by Crippen LogP contribution is 2.22. The SMILES string of the molecule is CONC(=O)c1ccc(-c2ccc(C)cc2)o1. The van der Waals surface area contributed by atoms with Crippen molar-refractivity contribution in [2.75, 3.05) is 7.11 Å². The molecule has 0 aliphatic carbocycles. The van der Waals surface area contributed by atoms with E-state index in [1.807, 2.05) is 31.2 Å². The van der Waals surface area contributed by atoms with Crippen LogP contribution < -0.4 is 5.48 Å². The summed E-state index contributed by atoms with van der Waals surface area (Å²) in [4.78, 5) is 15.9. The van der Waals surface area contributed by atoms with Gasteiger partial charge >= 0.3 is 5.91 Å². The van der Waals surface area contributed by atoms with Crippen molar-refractivity contribution in [2.45, 2.75) is 6.92 Å². The quantitative estimate of drug-likeness (QED) is 0.826. The first-order chi connectivity index (χ1) is 8.20. The Morgan fingerprint density at radius 2 is 1.88 bits per heavy atom. The van der Waals surface area contributed by atoms with Crippen LogP contribution in [0, 0.1) is 6.92 Å². The zero-order chi connectivity index (χ0) is 12.3. The van der Waals surface area contributed by atoms with Gasteiger partial charge in [-0.25, -0.2) is 5.48 Å². The fraction of sp³-hybridized carbons (Fsp3) is 0.154. The van der Waals surface area contributed by atoms with E-state index in [0.717, 1.165) is 5.56 Å². The highest BCUT2D eigenvalue weighted by Gasteiger charge is 2.11. The summed E-state index contributed by atoms with van der Waals surface area (Å²) in [6.45, 7) is 2.02. The second-order valence-electron chi connectivity index (χ2n) is 3.67. The lowest BCUT2D eigenvalue weighted by Crippen LogP contribution is -2.20. The Labute approximate surface area is 99.2 Å². The normalized spacial score (nSPS) is 10.2. The molecule has 0 radical (unpaired) electrons. The number of aryl methyl sites for hydroxylation is 1. The molecule has 1 N–H and O–H groups in total. The molecule has 0 aliphatic rings. The molecule has 1 aromatic heterocycles. The number of rotatable bonds is 3. The first-order valence-electron chi connectivity index (χ1n) is 5.21. The van der Waals surface area contributed by atoms with Gasteiger partial charge in [0.1, 0.15) is 5.76 Å². The van der Waals surface area contributed by atoms with E-state index in [0.29, 0.717) is 5.76 Å². The number of amides is 1. The Hall–Kier alpha value is -2.07. The minimum absolute atomic E-state index is 0.224. The molecule has 4 heteroatoms. The number of furan rings is 1. The molecular weight excluding hydrogens is 218 g/mol. The van der Waals surface area contributed by atoms with E-state index in [1.54, 1.807) is 12.1 Å². The van der Waals surface area contributed by atoms with E-state index < -0.39 is 5.91 Å². The molecular formula is C13H13NO3. The third-order valence-electron chi connectivity index (χ3n) is 2.36. The number of hydrogen-bond donors (Lipinski definition) is 1. The summed E-state index contributed by atoms with van der Waals surface area (Å²) in [5.74, 6) is 0.486. The minimum Gasteiger partial charge on any atom is -0.451 e. The number of benzene rings is 1. The van der Waals surface area contributed by atoms with Crippen LogP contribution in [0.1, 0.15) is 16.1 Å². The molecule has 17 heavy (non-hydrogen) atoms. The largest absolute Gasteiger partial charge is 0.451 e. The van der Waals surface area contributed by atoms with Crippen LogP contribution in [0.5, 0.6) is 0 Å². The second-order valence-corrected chi connectivity index (χ2v) is 3.67. The van der Waals surface area contributed by atoms with Crippen LogP contribution in [-0.2, 0) is 4.84 Å². The van der Waals surface area contributed by atoms with E-state index in [4.69, 9.17) is 4.42 Å². The van der Waals surface area contributed by atoms with Gasteiger partial charge in [0.15, 0.2) is 5.76 Å². The number of carbonyl (C=O) groups excluding carboxylic acids is 1. The fourth-order valence-electron chi connectivity index (χ4n) is 1.48. The lowest BCUT2D eigenvalue weighted by atomic mass is 10.1. The molecule has 88 valence electrons. The van der Waals surface area contributed by atoms with Crippen molar-refractivity contribution in [2.24, 2.45) is 0 Å². The van der Waals surface area contributed by atoms with Crippen molar-refractivity contribution >= 4 is 5.91 Å². The topological polar surface area (TPSA) is 51.5 Å². The lowest BCUT2D eigenvalue weighted by Gasteiger charge is -1.99. The van der Waals surface area contributed by atoms with Gasteiger partial charge in [0, 0.05) is 5.56 Å². The van der Waals surface area contributed by atoms with Crippen molar-refractivity contribution in [1.29, 1.82) is 0 Å². The number of hydroxylamine groups is 1. The molecule has 0 saturated heterocycles. The van der Waals surface area contributed by atoms with Gasteiger partial charge in [-0.2, -0.15) is 0 Å². The molecule has 1 amide bonds. The molecule has 0 bridgehead atoms. The lowest BCUT2D eigenvalue weighted by molar-refractivity contribution is 0.0510. The van der Waals surface area contributed by atoms with Crippen LogP contribution in [0.3, 0.4) is 0 Å². The number of nitrogens with one attached hydrogen (secondary N) is 1. The molecule has 0 spiro atoms. The summed E-state index contributed by atoms with van der Waals surface area (Å²) >= 11 is 0. The molecule has 2 aromatic rings. The van der Waals surface area contributed by atoms with Crippen LogP contribution in [-0.4, -0.2) is 13.0 Å². The summed E-state index contributed by atoms with van der Waals surface area (Å²) in [7, 11) is 1.38. The van der Waals surface area contributed by atoms with E-state index in [2.05, 4.69) is 10.3 Å². The zero-order valence-electron chi connectivity index (χ0n) is 9.69. The van der Waals surface area contributed by atoms with Crippen molar-refractivity contribution in [3.8, 4) is 11.3 Å². The predicted molar refractivity (Wildman–Crippen MR) is 63.4 cm³/mol. The van der Waals surface area contributed by atoms with Crippen LogP contribution >= 0.6 is 0 Å². The van der Waals surface area contributed by atoms with Gasteiger partial charge in [-0.15, -0.1) is 0 Å². The summed E-state index contributed by atoms with van der Waals surface area (Å²) in [5, 5.41) is 0. The van der Waals surface area contributed by atoms with Gasteiger partial charge in [0.2, 0.25) is 0 Å². The Bertz CT molecular complexity index is 514. The molecule has 1 heterocycles. The Morgan fingerprint density at radius 1 is 1.18 bits per heavy atom. The van der Waals surface area contributed by atoms with Crippen molar-refractivity contribution in [3.05, 3.63) is 47.7 Å². The van der Waals surface area contributed by atoms with Crippen LogP contribution in [0.2, 0.25) is 0 Å². The van der Waals surface area contributed by atoms with E-state index in [-0.39, 0.29) is 5.76 Å². The van der Waals surface area contributed by atoms with E-state index in [1.165, 1.54) is 12.7 Å². The maximum Gasteiger partial charge on any atom is 0.310 e. The second kappa shape index (κ2) is 4.84. The van der Waals surface area contributed by atoms with Gasteiger partial charge in [-0.3, -0.25) is 9.63 Å². The fourth-order valence-corrected chi connectivity index (χ4v) is 1.48. The van der Waals surface area contributed by atoms with E-state index >= 15 is 0 Å². The standard InChI is InChI=1S/C13H13NO3/c1-9-3-5-10(6-4-9)11-7-8-12(17-11)13(15)14-16-2/h3-8H,1-2H3,(H,14,15). The first kappa shape index (κ1) is 11.4. The summed E-state index contributed by atoms with van der Waals surface area (Å²) in [5.41, 5.74) is 4.32. The van der Waals surface area contributed by atoms with Crippen molar-refractivity contribution in [3.63, 3.8) is 0 Å². The number of carbonyl (C=O) groups is 1. The van der Waals surface area contributed by atoms with Crippen LogP contribution in [0.25, 0.3) is 11.3 Å². The average Bonchev–Trinajstić information content (AvgIpc) is 2.80. The molecule has 0 aliphatic heterocycles. The maximum atomic E-state index is 11.4. The monoisotopic (exact) mass is 231 g/mol. The van der Waals surface area contributed by atoms with Crippen molar-refractivity contribution in [1.82, 2.24) is 5.48 Å². The molecule has 0 unspecified atom stereocenters. The van der Waals surface area contributed by atoms with Gasteiger partial charge in [0.25, 0.3) is 0 Å². The minimum atomic E-state index is -0.397. The molecule has 0 fully saturated rings. The predicted octanol–water partition coefficient (Wildman–Crippen LogP) is 2.55. The van der Waals surface area contributed by atoms with Gasteiger partial charge in [-0.05, 0) is 19.1 Å². The van der Waals surface area contributed by atoms with Crippen LogP contribution in [0.4, 0.5) is 0 Å². The number of hydrogen-bond acceptors (Lipinski definition) is 3. The maximum absolute atomic E-state index is 11.4. The molecule has 2 rings (SSSR count). The third-order valence-corrected chi connectivity index (χ3v) is 2.36. The third kappa shape index (κ3) is 2.54. The van der Waals surface area contributed by atoms with Crippen LogP contribution in [0.15, 0.2) is 40.8 Å². The summed E-state index contributed by atoms with van der Waals surface area (Å²) in [6.07, 6.45) is 0. The molecule has 4 nitrogen and oxygen atoms in total. The molecule has 0 saturated carbocycles. The highest BCUT2D eigenvalue weighted by molar-refractivity contribution is 5.91. The van der Waals surface area contributed by atoms with Gasteiger partial charge in [0.05, 0.1) is 7.11 Å². The molecule has 0 atom stereocenters.